The summed E-state index contributed by atoms with van der Waals surface area (Å²) in [5.74, 6) is 0.569. The Hall–Kier alpha value is -1.59. The highest BCUT2D eigenvalue weighted by atomic mass is 16.4. The third-order valence-electron chi connectivity index (χ3n) is 4.49. The van der Waals surface area contributed by atoms with Crippen LogP contribution in [0.4, 0.5) is 4.79 Å². The van der Waals surface area contributed by atoms with E-state index in [2.05, 4.69) is 26.1 Å². The van der Waals surface area contributed by atoms with Crippen LogP contribution in [-0.2, 0) is 6.42 Å². The first kappa shape index (κ1) is 22.5. The normalized spacial score (nSPS) is 15.5. The predicted octanol–water partition coefficient (Wildman–Crippen LogP) is 3.76. The Kier molecular flexibility index (Phi) is 8.57. The van der Waals surface area contributed by atoms with Gasteiger partial charge < -0.3 is 15.5 Å². The molecule has 3 N–H and O–H groups in total. The molecular formula is C21H36N2O3. The van der Waals surface area contributed by atoms with E-state index in [0.717, 1.165) is 12.0 Å². The lowest BCUT2D eigenvalue weighted by Crippen LogP contribution is -2.58. The van der Waals surface area contributed by atoms with E-state index in [1.54, 1.807) is 0 Å². The van der Waals surface area contributed by atoms with Crippen LogP contribution in [0.25, 0.3) is 0 Å². The first-order chi connectivity index (χ1) is 12.0. The van der Waals surface area contributed by atoms with Crippen molar-refractivity contribution in [1.29, 1.82) is 0 Å². The highest BCUT2D eigenvalue weighted by Gasteiger charge is 2.37. The molecule has 1 unspecified atom stereocenters. The Morgan fingerprint density at radius 3 is 2.19 bits per heavy atom. The number of aliphatic hydroxyl groups excluding tert-OH is 1. The highest BCUT2D eigenvalue weighted by molar-refractivity contribution is 5.66. The maximum absolute atomic E-state index is 12.0. The SMILES string of the molecule is CC(C)CC(C)NC[C@H](O)[C@H](Cc1ccccc1)N(C(=O)O)C(C)(C)C. The maximum atomic E-state index is 12.0. The standard InChI is InChI=1S/C21H36N2O3/c1-15(2)12-16(3)22-14-19(24)18(13-17-10-8-7-9-11-17)23(20(25)26)21(4,5)6/h7-11,15-16,18-19,22,24H,12-14H2,1-6H3,(H,25,26)/t16?,18-,19-/m0/s1. The summed E-state index contributed by atoms with van der Waals surface area (Å²) in [4.78, 5) is 13.3. The molecule has 0 aliphatic heterocycles. The monoisotopic (exact) mass is 364 g/mol. The van der Waals surface area contributed by atoms with Crippen molar-refractivity contribution in [3.05, 3.63) is 35.9 Å². The first-order valence-electron chi connectivity index (χ1n) is 9.50. The Balaban J connectivity index is 2.97. The van der Waals surface area contributed by atoms with E-state index in [4.69, 9.17) is 0 Å². The fourth-order valence-electron chi connectivity index (χ4n) is 3.43. The molecule has 3 atom stereocenters. The van der Waals surface area contributed by atoms with Gasteiger partial charge in [-0.05, 0) is 52.0 Å². The summed E-state index contributed by atoms with van der Waals surface area (Å²) in [5.41, 5.74) is 0.415. The van der Waals surface area contributed by atoms with Gasteiger partial charge in [-0.3, -0.25) is 4.90 Å². The topological polar surface area (TPSA) is 72.8 Å². The number of hydrogen-bond acceptors (Lipinski definition) is 3. The third kappa shape index (κ3) is 7.34. The van der Waals surface area contributed by atoms with Gasteiger partial charge >= 0.3 is 6.09 Å². The minimum absolute atomic E-state index is 0.273. The van der Waals surface area contributed by atoms with Crippen LogP contribution < -0.4 is 5.32 Å². The van der Waals surface area contributed by atoms with E-state index in [1.807, 2.05) is 51.1 Å². The lowest BCUT2D eigenvalue weighted by Gasteiger charge is -2.42. The van der Waals surface area contributed by atoms with Gasteiger partial charge in [0, 0.05) is 18.1 Å². The van der Waals surface area contributed by atoms with E-state index >= 15 is 0 Å². The fourth-order valence-corrected chi connectivity index (χ4v) is 3.43. The van der Waals surface area contributed by atoms with Crippen LogP contribution in [0.5, 0.6) is 0 Å². The molecule has 5 heteroatoms. The molecule has 0 bridgehead atoms. The van der Waals surface area contributed by atoms with Gasteiger partial charge in [-0.2, -0.15) is 0 Å². The van der Waals surface area contributed by atoms with Gasteiger partial charge in [0.2, 0.25) is 0 Å². The summed E-state index contributed by atoms with van der Waals surface area (Å²) in [7, 11) is 0. The van der Waals surface area contributed by atoms with Crippen LogP contribution in [0.15, 0.2) is 30.3 Å². The molecule has 0 radical (unpaired) electrons. The summed E-state index contributed by atoms with van der Waals surface area (Å²) in [5, 5.41) is 24.0. The van der Waals surface area contributed by atoms with Gasteiger partial charge in [-0.15, -0.1) is 0 Å². The first-order valence-corrected chi connectivity index (χ1v) is 9.50. The van der Waals surface area contributed by atoms with Crippen molar-refractivity contribution in [2.75, 3.05) is 6.54 Å². The molecule has 0 saturated heterocycles. The molecule has 0 saturated carbocycles. The Labute approximate surface area is 158 Å². The molecule has 1 aromatic rings. The molecule has 0 heterocycles. The van der Waals surface area contributed by atoms with Crippen molar-refractivity contribution < 1.29 is 15.0 Å². The molecule has 0 aliphatic rings. The molecular weight excluding hydrogens is 328 g/mol. The summed E-state index contributed by atoms with van der Waals surface area (Å²) < 4.78 is 0. The van der Waals surface area contributed by atoms with Crippen molar-refractivity contribution in [1.82, 2.24) is 10.2 Å². The van der Waals surface area contributed by atoms with Crippen LogP contribution >= 0.6 is 0 Å². The molecule has 0 aliphatic carbocycles. The Morgan fingerprint density at radius 2 is 1.73 bits per heavy atom. The van der Waals surface area contributed by atoms with E-state index in [-0.39, 0.29) is 6.04 Å². The number of aliphatic hydroxyl groups is 1. The van der Waals surface area contributed by atoms with Crippen LogP contribution in [0.1, 0.15) is 53.5 Å². The second kappa shape index (κ2) is 9.93. The number of nitrogens with zero attached hydrogens (tertiary/aromatic N) is 1. The lowest BCUT2D eigenvalue weighted by molar-refractivity contribution is 0.00689. The molecule has 1 amide bonds. The zero-order valence-corrected chi connectivity index (χ0v) is 17.1. The zero-order chi connectivity index (χ0) is 19.9. The second-order valence-corrected chi connectivity index (χ2v) is 8.59. The number of rotatable bonds is 9. The largest absolute Gasteiger partial charge is 0.465 e. The van der Waals surface area contributed by atoms with Crippen LogP contribution in [0.3, 0.4) is 0 Å². The number of hydrogen-bond donors (Lipinski definition) is 3. The van der Waals surface area contributed by atoms with Crippen molar-refractivity contribution in [2.24, 2.45) is 5.92 Å². The van der Waals surface area contributed by atoms with E-state index in [1.165, 1.54) is 4.90 Å². The third-order valence-corrected chi connectivity index (χ3v) is 4.49. The molecule has 148 valence electrons. The molecule has 5 nitrogen and oxygen atoms in total. The van der Waals surface area contributed by atoms with Crippen molar-refractivity contribution >= 4 is 6.09 Å². The molecule has 26 heavy (non-hydrogen) atoms. The molecule has 1 aromatic carbocycles. The molecule has 0 spiro atoms. The lowest BCUT2D eigenvalue weighted by atomic mass is 9.94. The number of carbonyl (C=O) groups is 1. The van der Waals surface area contributed by atoms with Crippen molar-refractivity contribution in [2.45, 2.75) is 78.1 Å². The van der Waals surface area contributed by atoms with E-state index in [9.17, 15) is 15.0 Å². The van der Waals surface area contributed by atoms with Gasteiger partial charge in [0.15, 0.2) is 0 Å². The van der Waals surface area contributed by atoms with Gasteiger partial charge in [-0.1, -0.05) is 44.2 Å². The minimum Gasteiger partial charge on any atom is -0.465 e. The van der Waals surface area contributed by atoms with E-state index < -0.39 is 23.8 Å². The van der Waals surface area contributed by atoms with Crippen LogP contribution in [-0.4, -0.2) is 51.5 Å². The van der Waals surface area contributed by atoms with E-state index in [0.29, 0.717) is 18.9 Å². The smallest absolute Gasteiger partial charge is 0.408 e. The van der Waals surface area contributed by atoms with Crippen LogP contribution in [0, 0.1) is 5.92 Å². The number of carboxylic acid groups (broad SMARTS) is 1. The summed E-state index contributed by atoms with van der Waals surface area (Å²) >= 11 is 0. The molecule has 1 rings (SSSR count). The Morgan fingerprint density at radius 1 is 1.15 bits per heavy atom. The number of amides is 1. The van der Waals surface area contributed by atoms with Gasteiger partial charge in [-0.25, -0.2) is 4.79 Å². The fraction of sp³-hybridized carbons (Fsp3) is 0.667. The summed E-state index contributed by atoms with van der Waals surface area (Å²) in [6.45, 7) is 12.4. The predicted molar refractivity (Wildman–Crippen MR) is 106 cm³/mol. The highest BCUT2D eigenvalue weighted by Crippen LogP contribution is 2.23. The number of nitrogens with one attached hydrogen (secondary N) is 1. The average molecular weight is 365 g/mol. The van der Waals surface area contributed by atoms with Crippen molar-refractivity contribution in [3.8, 4) is 0 Å². The zero-order valence-electron chi connectivity index (χ0n) is 17.1. The number of benzene rings is 1. The van der Waals surface area contributed by atoms with Crippen molar-refractivity contribution in [3.63, 3.8) is 0 Å². The van der Waals surface area contributed by atoms with Crippen LogP contribution in [0.2, 0.25) is 0 Å². The molecule has 0 fully saturated rings. The Bertz CT molecular complexity index is 540. The maximum Gasteiger partial charge on any atom is 0.408 e. The van der Waals surface area contributed by atoms with Gasteiger partial charge in [0.1, 0.15) is 0 Å². The minimum atomic E-state index is -1.01. The molecule has 0 aromatic heterocycles. The van der Waals surface area contributed by atoms with Gasteiger partial charge in [0.25, 0.3) is 0 Å². The summed E-state index contributed by atoms with van der Waals surface area (Å²) in [6.07, 6.45) is -0.308. The van der Waals surface area contributed by atoms with Gasteiger partial charge in [0.05, 0.1) is 12.1 Å². The summed E-state index contributed by atoms with van der Waals surface area (Å²) in [6, 6.07) is 9.49. The average Bonchev–Trinajstić information content (AvgIpc) is 2.50. The second-order valence-electron chi connectivity index (χ2n) is 8.59. The quantitative estimate of drug-likeness (QED) is 0.624.